The lowest BCUT2D eigenvalue weighted by atomic mass is 9.80. The predicted octanol–water partition coefficient (Wildman–Crippen LogP) is 3.86. The molecule has 1 aliphatic carbocycles. The summed E-state index contributed by atoms with van der Waals surface area (Å²) >= 11 is 0. The van der Waals surface area contributed by atoms with Crippen LogP contribution in [0.3, 0.4) is 0 Å². The summed E-state index contributed by atoms with van der Waals surface area (Å²) in [5.41, 5.74) is 2.75. The van der Waals surface area contributed by atoms with Gasteiger partial charge in [0.05, 0.1) is 0 Å². The van der Waals surface area contributed by atoms with Crippen molar-refractivity contribution in [1.29, 1.82) is 0 Å². The first-order chi connectivity index (χ1) is 9.76. The molecule has 0 radical (unpaired) electrons. The number of fused-ring (bicyclic) bond motifs is 1. The Bertz CT molecular complexity index is 455. The Kier molecular flexibility index (Phi) is 4.30. The van der Waals surface area contributed by atoms with Gasteiger partial charge in [-0.3, -0.25) is 0 Å². The minimum Gasteiger partial charge on any atom is -0.490 e. The van der Waals surface area contributed by atoms with Gasteiger partial charge < -0.3 is 10.1 Å². The maximum Gasteiger partial charge on any atom is 0.123 e. The largest absolute Gasteiger partial charge is 0.490 e. The van der Waals surface area contributed by atoms with Gasteiger partial charge in [-0.05, 0) is 50.3 Å². The molecule has 1 aliphatic heterocycles. The molecule has 0 amide bonds. The van der Waals surface area contributed by atoms with Crippen LogP contribution in [0.1, 0.15) is 50.2 Å². The lowest BCUT2D eigenvalue weighted by molar-refractivity contribution is 0.153. The van der Waals surface area contributed by atoms with Crippen LogP contribution in [0.5, 0.6) is 5.75 Å². The third kappa shape index (κ3) is 3.01. The van der Waals surface area contributed by atoms with Crippen LogP contribution in [0.25, 0.3) is 0 Å². The number of hydrogen-bond acceptors (Lipinski definition) is 2. The molecule has 3 unspecified atom stereocenters. The first-order valence-electron chi connectivity index (χ1n) is 8.26. The van der Waals surface area contributed by atoms with E-state index in [-0.39, 0.29) is 0 Å². The van der Waals surface area contributed by atoms with Crippen LogP contribution in [0, 0.1) is 12.8 Å². The molecule has 1 N–H and O–H groups in total. The summed E-state index contributed by atoms with van der Waals surface area (Å²) in [6, 6.07) is 7.30. The zero-order valence-electron chi connectivity index (χ0n) is 12.8. The molecule has 0 bridgehead atoms. The molecule has 1 saturated carbocycles. The van der Waals surface area contributed by atoms with Crippen molar-refractivity contribution in [2.24, 2.45) is 5.92 Å². The van der Waals surface area contributed by atoms with Gasteiger partial charge in [-0.15, -0.1) is 0 Å². The van der Waals surface area contributed by atoms with Gasteiger partial charge in [0.1, 0.15) is 11.9 Å². The van der Waals surface area contributed by atoms with Gasteiger partial charge in [-0.2, -0.15) is 0 Å². The van der Waals surface area contributed by atoms with Crippen LogP contribution in [0.15, 0.2) is 18.2 Å². The molecular formula is C18H27NO. The minimum atomic E-state index is 0.399. The van der Waals surface area contributed by atoms with E-state index in [2.05, 4.69) is 37.4 Å². The Morgan fingerprint density at radius 3 is 2.95 bits per heavy atom. The molecule has 1 aromatic rings. The molecule has 0 aromatic heterocycles. The van der Waals surface area contributed by atoms with E-state index >= 15 is 0 Å². The van der Waals surface area contributed by atoms with Crippen molar-refractivity contribution in [2.45, 2.75) is 64.5 Å². The monoisotopic (exact) mass is 273 g/mol. The summed E-state index contributed by atoms with van der Waals surface area (Å²) in [6.07, 6.45) is 8.21. The van der Waals surface area contributed by atoms with Gasteiger partial charge in [-0.25, -0.2) is 0 Å². The second-order valence-corrected chi connectivity index (χ2v) is 6.50. The number of benzene rings is 1. The van der Waals surface area contributed by atoms with Crippen molar-refractivity contribution < 1.29 is 4.74 Å². The highest BCUT2D eigenvalue weighted by molar-refractivity contribution is 5.40. The summed E-state index contributed by atoms with van der Waals surface area (Å²) in [5, 5.41) is 3.68. The molecule has 3 rings (SSSR count). The van der Waals surface area contributed by atoms with Gasteiger partial charge in [0.15, 0.2) is 0 Å². The fourth-order valence-electron chi connectivity index (χ4n) is 3.94. The standard InChI is InChI=1S/C18H27NO/c1-3-19-17-7-5-4-6-14(17)11-16-12-15-10-13(2)8-9-18(15)20-16/h8-10,14,16-17,19H,3-7,11-12H2,1-2H3. The van der Waals surface area contributed by atoms with Crippen molar-refractivity contribution in [3.63, 3.8) is 0 Å². The van der Waals surface area contributed by atoms with E-state index in [1.807, 2.05) is 0 Å². The topological polar surface area (TPSA) is 21.3 Å². The predicted molar refractivity (Wildman–Crippen MR) is 83.3 cm³/mol. The highest BCUT2D eigenvalue weighted by Gasteiger charge is 2.30. The van der Waals surface area contributed by atoms with Crippen LogP contribution in [0.4, 0.5) is 0 Å². The molecule has 110 valence electrons. The summed E-state index contributed by atoms with van der Waals surface area (Å²) in [4.78, 5) is 0. The summed E-state index contributed by atoms with van der Waals surface area (Å²) < 4.78 is 6.16. The lowest BCUT2D eigenvalue weighted by Crippen LogP contribution is -2.40. The molecular weight excluding hydrogens is 246 g/mol. The Hall–Kier alpha value is -1.02. The highest BCUT2D eigenvalue weighted by atomic mass is 16.5. The quantitative estimate of drug-likeness (QED) is 0.899. The van der Waals surface area contributed by atoms with E-state index in [4.69, 9.17) is 4.74 Å². The van der Waals surface area contributed by atoms with Crippen molar-refractivity contribution in [2.75, 3.05) is 6.54 Å². The maximum absolute atomic E-state index is 6.16. The molecule has 2 aliphatic rings. The third-order valence-electron chi connectivity index (χ3n) is 4.90. The van der Waals surface area contributed by atoms with E-state index in [0.29, 0.717) is 12.1 Å². The van der Waals surface area contributed by atoms with Gasteiger partial charge in [0, 0.05) is 12.5 Å². The number of rotatable bonds is 4. The molecule has 1 heterocycles. The van der Waals surface area contributed by atoms with Gasteiger partial charge in [0.2, 0.25) is 0 Å². The molecule has 3 atom stereocenters. The van der Waals surface area contributed by atoms with Gasteiger partial charge in [-0.1, -0.05) is 37.5 Å². The fraction of sp³-hybridized carbons (Fsp3) is 0.667. The van der Waals surface area contributed by atoms with Crippen molar-refractivity contribution in [1.82, 2.24) is 5.32 Å². The minimum absolute atomic E-state index is 0.399. The molecule has 20 heavy (non-hydrogen) atoms. The number of nitrogens with one attached hydrogen (secondary N) is 1. The van der Waals surface area contributed by atoms with Gasteiger partial charge in [0.25, 0.3) is 0 Å². The summed E-state index contributed by atoms with van der Waals surface area (Å²) in [7, 11) is 0. The Morgan fingerprint density at radius 2 is 2.10 bits per heavy atom. The van der Waals surface area contributed by atoms with Crippen LogP contribution >= 0.6 is 0 Å². The maximum atomic E-state index is 6.16. The Labute approximate surface area is 122 Å². The van der Waals surface area contributed by atoms with Crippen LogP contribution in [-0.2, 0) is 6.42 Å². The smallest absolute Gasteiger partial charge is 0.123 e. The normalized spacial score (nSPS) is 29.0. The Balaban J connectivity index is 1.61. The molecule has 0 saturated heterocycles. The molecule has 2 nitrogen and oxygen atoms in total. The molecule has 1 aromatic carbocycles. The van der Waals surface area contributed by atoms with E-state index in [1.165, 1.54) is 43.2 Å². The summed E-state index contributed by atoms with van der Waals surface area (Å²) in [6.45, 7) is 5.47. The van der Waals surface area contributed by atoms with E-state index in [0.717, 1.165) is 24.6 Å². The fourth-order valence-corrected chi connectivity index (χ4v) is 3.94. The van der Waals surface area contributed by atoms with E-state index in [9.17, 15) is 0 Å². The van der Waals surface area contributed by atoms with Crippen molar-refractivity contribution in [3.05, 3.63) is 29.3 Å². The zero-order chi connectivity index (χ0) is 13.9. The van der Waals surface area contributed by atoms with Gasteiger partial charge >= 0.3 is 0 Å². The molecule has 0 spiro atoms. The lowest BCUT2D eigenvalue weighted by Gasteiger charge is -2.33. The second-order valence-electron chi connectivity index (χ2n) is 6.50. The average molecular weight is 273 g/mol. The number of hydrogen-bond donors (Lipinski definition) is 1. The molecule has 1 fully saturated rings. The second kappa shape index (κ2) is 6.17. The Morgan fingerprint density at radius 1 is 1.25 bits per heavy atom. The van der Waals surface area contributed by atoms with E-state index in [1.54, 1.807) is 0 Å². The van der Waals surface area contributed by atoms with Crippen LogP contribution < -0.4 is 10.1 Å². The van der Waals surface area contributed by atoms with Crippen molar-refractivity contribution >= 4 is 0 Å². The SMILES string of the molecule is CCNC1CCCCC1CC1Cc2cc(C)ccc2O1. The number of aryl methyl sites for hydroxylation is 1. The van der Waals surface area contributed by atoms with Crippen LogP contribution in [0.2, 0.25) is 0 Å². The molecule has 2 heteroatoms. The average Bonchev–Trinajstić information content (AvgIpc) is 2.82. The highest BCUT2D eigenvalue weighted by Crippen LogP contribution is 2.35. The van der Waals surface area contributed by atoms with Crippen molar-refractivity contribution in [3.8, 4) is 5.75 Å². The zero-order valence-corrected chi connectivity index (χ0v) is 12.8. The van der Waals surface area contributed by atoms with Crippen LogP contribution in [-0.4, -0.2) is 18.7 Å². The first kappa shape index (κ1) is 13.9. The third-order valence-corrected chi connectivity index (χ3v) is 4.90. The first-order valence-corrected chi connectivity index (χ1v) is 8.26. The van der Waals surface area contributed by atoms with E-state index < -0.39 is 0 Å². The summed E-state index contributed by atoms with van der Waals surface area (Å²) in [5.74, 6) is 1.92. The number of ether oxygens (including phenoxy) is 1.